The predicted molar refractivity (Wildman–Crippen MR) is 90.7 cm³/mol. The summed E-state index contributed by atoms with van der Waals surface area (Å²) in [7, 11) is 1.64. The van der Waals surface area contributed by atoms with E-state index in [0.717, 1.165) is 0 Å². The third-order valence-electron chi connectivity index (χ3n) is 4.64. The zero-order valence-corrected chi connectivity index (χ0v) is 15.0. The molecule has 2 atom stereocenters. The van der Waals surface area contributed by atoms with Crippen LogP contribution in [0, 0.1) is 5.41 Å². The van der Waals surface area contributed by atoms with Gasteiger partial charge in [0.05, 0.1) is 19.3 Å². The molecule has 7 nitrogen and oxygen atoms in total. The normalized spacial score (nSPS) is 25.3. The first-order chi connectivity index (χ1) is 10.3. The van der Waals surface area contributed by atoms with Crippen LogP contribution in [0.3, 0.4) is 0 Å². The molecule has 0 bridgehead atoms. The SMILES string of the molecule is CCOC1CC(N)(C(=O)Nc2ccn(CCOC)n2)C1(C)C.Cl. The number of halogens is 1. The maximum atomic E-state index is 12.5. The molecule has 3 N–H and O–H groups in total. The average molecular weight is 347 g/mol. The minimum atomic E-state index is -0.941. The van der Waals surface area contributed by atoms with Gasteiger partial charge >= 0.3 is 0 Å². The summed E-state index contributed by atoms with van der Waals surface area (Å²) in [4.78, 5) is 12.5. The molecule has 0 saturated heterocycles. The molecule has 1 fully saturated rings. The monoisotopic (exact) mass is 346 g/mol. The highest BCUT2D eigenvalue weighted by atomic mass is 35.5. The van der Waals surface area contributed by atoms with Crippen LogP contribution in [0.25, 0.3) is 0 Å². The van der Waals surface area contributed by atoms with E-state index in [1.165, 1.54) is 0 Å². The van der Waals surface area contributed by atoms with Gasteiger partial charge in [-0.15, -0.1) is 12.4 Å². The van der Waals surface area contributed by atoms with Crippen molar-refractivity contribution >= 4 is 24.1 Å². The van der Waals surface area contributed by atoms with E-state index < -0.39 is 11.0 Å². The van der Waals surface area contributed by atoms with Gasteiger partial charge in [-0.05, 0) is 6.92 Å². The minimum Gasteiger partial charge on any atom is -0.383 e. The summed E-state index contributed by atoms with van der Waals surface area (Å²) < 4.78 is 12.4. The van der Waals surface area contributed by atoms with E-state index in [2.05, 4.69) is 10.4 Å². The number of nitrogens with one attached hydrogen (secondary N) is 1. The van der Waals surface area contributed by atoms with E-state index in [9.17, 15) is 4.79 Å². The van der Waals surface area contributed by atoms with E-state index in [1.807, 2.05) is 20.8 Å². The molecular weight excluding hydrogens is 320 g/mol. The van der Waals surface area contributed by atoms with Crippen LogP contribution in [0.2, 0.25) is 0 Å². The van der Waals surface area contributed by atoms with E-state index in [4.69, 9.17) is 15.2 Å². The standard InChI is InChI=1S/C15H26N4O3.ClH/c1-5-22-11-10-15(16,14(11,2)3)13(20)17-12-6-7-19(18-12)8-9-21-4;/h6-7,11H,5,8-10,16H2,1-4H3,(H,17,18,20);1H. The Morgan fingerprint density at radius 2 is 2.26 bits per heavy atom. The van der Waals surface area contributed by atoms with Crippen LogP contribution >= 0.6 is 12.4 Å². The highest BCUT2D eigenvalue weighted by Crippen LogP contribution is 2.50. The Bertz CT molecular complexity index is 535. The van der Waals surface area contributed by atoms with Crippen molar-refractivity contribution in [2.75, 3.05) is 25.6 Å². The van der Waals surface area contributed by atoms with Gasteiger partial charge in [-0.3, -0.25) is 9.48 Å². The molecular formula is C15H27ClN4O3. The Balaban J connectivity index is 0.00000264. The minimum absolute atomic E-state index is 0. The van der Waals surface area contributed by atoms with Gasteiger partial charge in [0.1, 0.15) is 5.54 Å². The number of aromatic nitrogens is 2. The van der Waals surface area contributed by atoms with Crippen molar-refractivity contribution < 1.29 is 14.3 Å². The number of hydrogen-bond acceptors (Lipinski definition) is 5. The van der Waals surface area contributed by atoms with Crippen molar-refractivity contribution in [3.05, 3.63) is 12.3 Å². The maximum Gasteiger partial charge on any atom is 0.246 e. The third-order valence-corrected chi connectivity index (χ3v) is 4.64. The van der Waals surface area contributed by atoms with E-state index in [-0.39, 0.29) is 24.4 Å². The Morgan fingerprint density at radius 3 is 2.83 bits per heavy atom. The molecule has 1 amide bonds. The fourth-order valence-electron chi connectivity index (χ4n) is 2.79. The molecule has 132 valence electrons. The lowest BCUT2D eigenvalue weighted by molar-refractivity contribution is -0.166. The Hall–Kier alpha value is -1.15. The van der Waals surface area contributed by atoms with Crippen LogP contribution in [0.15, 0.2) is 12.3 Å². The second kappa shape index (κ2) is 7.61. The Labute approximate surface area is 143 Å². The molecule has 1 aliphatic carbocycles. The van der Waals surface area contributed by atoms with Crippen molar-refractivity contribution in [3.8, 4) is 0 Å². The molecule has 8 heteroatoms. The van der Waals surface area contributed by atoms with Crippen LogP contribution in [0.5, 0.6) is 0 Å². The molecule has 0 spiro atoms. The summed E-state index contributed by atoms with van der Waals surface area (Å²) in [6.45, 7) is 7.70. The number of methoxy groups -OCH3 is 1. The Kier molecular flexibility index (Phi) is 6.59. The van der Waals surface area contributed by atoms with Gasteiger partial charge in [-0.2, -0.15) is 5.10 Å². The molecule has 0 aliphatic heterocycles. The van der Waals surface area contributed by atoms with Gasteiger partial charge in [0.25, 0.3) is 0 Å². The topological polar surface area (TPSA) is 91.4 Å². The summed E-state index contributed by atoms with van der Waals surface area (Å²) in [6, 6.07) is 1.75. The van der Waals surface area contributed by atoms with Crippen LogP contribution < -0.4 is 11.1 Å². The zero-order valence-electron chi connectivity index (χ0n) is 14.2. The number of anilines is 1. The Morgan fingerprint density at radius 1 is 1.57 bits per heavy atom. The summed E-state index contributed by atoms with van der Waals surface area (Å²) in [5, 5.41) is 7.09. The molecule has 2 rings (SSSR count). The number of carbonyl (C=O) groups excluding carboxylic acids is 1. The fraction of sp³-hybridized carbons (Fsp3) is 0.733. The smallest absolute Gasteiger partial charge is 0.246 e. The highest BCUT2D eigenvalue weighted by Gasteiger charge is 2.62. The average Bonchev–Trinajstić information content (AvgIpc) is 2.92. The molecule has 2 unspecified atom stereocenters. The highest BCUT2D eigenvalue weighted by molar-refractivity contribution is 5.99. The van der Waals surface area contributed by atoms with Crippen LogP contribution in [0.1, 0.15) is 27.2 Å². The van der Waals surface area contributed by atoms with Crippen molar-refractivity contribution in [1.82, 2.24) is 9.78 Å². The van der Waals surface area contributed by atoms with Gasteiger partial charge in [0.2, 0.25) is 5.91 Å². The summed E-state index contributed by atoms with van der Waals surface area (Å²) in [5.41, 5.74) is 4.98. The first kappa shape index (κ1) is 19.9. The summed E-state index contributed by atoms with van der Waals surface area (Å²) in [6.07, 6.45) is 2.32. The van der Waals surface area contributed by atoms with Gasteiger partial charge in [-0.25, -0.2) is 0 Å². The quantitative estimate of drug-likeness (QED) is 0.779. The predicted octanol–water partition coefficient (Wildman–Crippen LogP) is 1.42. The van der Waals surface area contributed by atoms with Gasteiger partial charge < -0.3 is 20.5 Å². The largest absolute Gasteiger partial charge is 0.383 e. The zero-order chi connectivity index (χ0) is 16.4. The number of nitrogens with two attached hydrogens (primary N) is 1. The molecule has 23 heavy (non-hydrogen) atoms. The van der Waals surface area contributed by atoms with Crippen LogP contribution in [0.4, 0.5) is 5.82 Å². The van der Waals surface area contributed by atoms with Crippen LogP contribution in [-0.4, -0.2) is 47.7 Å². The number of hydrogen-bond donors (Lipinski definition) is 2. The van der Waals surface area contributed by atoms with E-state index >= 15 is 0 Å². The lowest BCUT2D eigenvalue weighted by Crippen LogP contribution is -2.74. The lowest BCUT2D eigenvalue weighted by atomic mass is 9.54. The molecule has 0 aromatic carbocycles. The van der Waals surface area contributed by atoms with Gasteiger partial charge in [0.15, 0.2) is 5.82 Å². The van der Waals surface area contributed by atoms with Crippen molar-refractivity contribution in [1.29, 1.82) is 0 Å². The molecule has 0 radical (unpaired) electrons. The van der Waals surface area contributed by atoms with E-state index in [1.54, 1.807) is 24.1 Å². The molecule has 1 saturated carbocycles. The fourth-order valence-corrected chi connectivity index (χ4v) is 2.79. The maximum absolute atomic E-state index is 12.5. The second-order valence-electron chi connectivity index (χ2n) is 6.25. The molecule has 1 aromatic heterocycles. The van der Waals surface area contributed by atoms with Crippen molar-refractivity contribution in [2.45, 2.75) is 45.4 Å². The molecule has 1 aromatic rings. The number of amides is 1. The summed E-state index contributed by atoms with van der Waals surface area (Å²) >= 11 is 0. The summed E-state index contributed by atoms with van der Waals surface area (Å²) in [5.74, 6) is 0.284. The van der Waals surface area contributed by atoms with E-state index in [0.29, 0.717) is 32.0 Å². The lowest BCUT2D eigenvalue weighted by Gasteiger charge is -2.57. The first-order valence-electron chi connectivity index (χ1n) is 7.59. The third kappa shape index (κ3) is 3.68. The van der Waals surface area contributed by atoms with Crippen molar-refractivity contribution in [3.63, 3.8) is 0 Å². The molecule has 1 aliphatic rings. The number of carbonyl (C=O) groups is 1. The molecule has 1 heterocycles. The van der Waals surface area contributed by atoms with Gasteiger partial charge in [0, 0.05) is 37.8 Å². The van der Waals surface area contributed by atoms with Crippen molar-refractivity contribution in [2.24, 2.45) is 11.1 Å². The number of rotatable bonds is 7. The second-order valence-corrected chi connectivity index (χ2v) is 6.25. The number of nitrogens with zero attached hydrogens (tertiary/aromatic N) is 2. The van der Waals surface area contributed by atoms with Gasteiger partial charge in [-0.1, -0.05) is 13.8 Å². The van der Waals surface area contributed by atoms with Crippen LogP contribution in [-0.2, 0) is 20.8 Å². The first-order valence-corrected chi connectivity index (χ1v) is 7.59. The number of ether oxygens (including phenoxy) is 2.